The van der Waals surface area contributed by atoms with Crippen molar-refractivity contribution in [2.24, 2.45) is 0 Å². The molecule has 0 spiro atoms. The number of hydrogen-bond acceptors (Lipinski definition) is 9. The summed E-state index contributed by atoms with van der Waals surface area (Å²) in [4.78, 5) is 9.22. The summed E-state index contributed by atoms with van der Waals surface area (Å²) in [6.45, 7) is 0. The highest BCUT2D eigenvalue weighted by Crippen LogP contribution is 2.33. The Hall–Kier alpha value is -1.94. The van der Waals surface area contributed by atoms with Crippen LogP contribution in [0.3, 0.4) is 0 Å². The second kappa shape index (κ2) is 7.59. The van der Waals surface area contributed by atoms with Crippen molar-refractivity contribution in [3.63, 3.8) is 0 Å². The summed E-state index contributed by atoms with van der Waals surface area (Å²) < 4.78 is 10.2. The van der Waals surface area contributed by atoms with E-state index < -0.39 is 0 Å². The Morgan fingerprint density at radius 3 is 1.67 bits per heavy atom. The minimum atomic E-state index is 0.624. The largest absolute Gasteiger partial charge is 0.423 e. The van der Waals surface area contributed by atoms with Gasteiger partial charge in [0.1, 0.15) is 0 Å². The van der Waals surface area contributed by atoms with Crippen molar-refractivity contribution in [2.75, 3.05) is 0 Å². The number of para-hydroxylation sites is 2. The highest BCUT2D eigenvalue weighted by molar-refractivity contribution is 8.00. The fourth-order valence-electron chi connectivity index (χ4n) is 2.48. The van der Waals surface area contributed by atoms with Crippen LogP contribution in [0.15, 0.2) is 61.6 Å². The first kappa shape index (κ1) is 17.2. The first-order chi connectivity index (χ1) is 13.3. The molecule has 27 heavy (non-hydrogen) atoms. The summed E-state index contributed by atoms with van der Waals surface area (Å²) in [5.41, 5.74) is 2.06. The van der Waals surface area contributed by atoms with Crippen molar-refractivity contribution in [1.82, 2.24) is 20.2 Å². The van der Waals surface area contributed by atoms with E-state index in [1.165, 1.54) is 9.40 Å². The van der Waals surface area contributed by atoms with Crippen molar-refractivity contribution in [1.29, 1.82) is 0 Å². The number of benzene rings is 2. The zero-order chi connectivity index (χ0) is 18.1. The van der Waals surface area contributed by atoms with Gasteiger partial charge in [-0.05, 0) is 24.3 Å². The molecule has 0 amide bonds. The molecule has 3 heterocycles. The fraction of sp³-hybridized carbons (Fsp3) is 0.111. The molecule has 0 aliphatic rings. The molecule has 0 atom stereocenters. The van der Waals surface area contributed by atoms with Gasteiger partial charge in [-0.15, -0.1) is 32.9 Å². The van der Waals surface area contributed by atoms with E-state index in [0.29, 0.717) is 23.3 Å². The molecule has 0 bridgehead atoms. The number of thioether (sulfide) groups is 2. The van der Waals surface area contributed by atoms with Crippen LogP contribution in [-0.2, 0) is 11.5 Å². The predicted octanol–water partition coefficient (Wildman–Crippen LogP) is 5.87. The van der Waals surface area contributed by atoms with Crippen LogP contribution in [-0.4, -0.2) is 20.2 Å². The Morgan fingerprint density at radius 2 is 1.19 bits per heavy atom. The molecular formula is C18H12N4OS4. The van der Waals surface area contributed by atoms with Crippen molar-refractivity contribution in [3.05, 3.63) is 60.3 Å². The smallest absolute Gasteiger partial charge is 0.226 e. The van der Waals surface area contributed by atoms with E-state index in [1.54, 1.807) is 46.2 Å². The lowest BCUT2D eigenvalue weighted by Gasteiger charge is -1.92. The van der Waals surface area contributed by atoms with Crippen LogP contribution in [0.4, 0.5) is 0 Å². The summed E-state index contributed by atoms with van der Waals surface area (Å²) >= 11 is 6.62. The zero-order valence-corrected chi connectivity index (χ0v) is 17.1. The summed E-state index contributed by atoms with van der Waals surface area (Å²) in [6, 6.07) is 16.3. The first-order valence-electron chi connectivity index (χ1n) is 8.11. The molecule has 5 aromatic rings. The molecule has 0 aliphatic carbocycles. The molecule has 0 radical (unpaired) electrons. The van der Waals surface area contributed by atoms with Crippen LogP contribution in [0.1, 0.15) is 11.8 Å². The third kappa shape index (κ3) is 3.86. The average molecular weight is 429 g/mol. The Bertz CT molecular complexity index is 1050. The fourth-order valence-corrected chi connectivity index (χ4v) is 6.29. The lowest BCUT2D eigenvalue weighted by Crippen LogP contribution is -1.80. The third-order valence-corrected chi connectivity index (χ3v) is 8.02. The molecule has 3 aromatic heterocycles. The van der Waals surface area contributed by atoms with Crippen molar-refractivity contribution in [2.45, 2.75) is 20.2 Å². The van der Waals surface area contributed by atoms with Gasteiger partial charge < -0.3 is 4.42 Å². The van der Waals surface area contributed by atoms with E-state index in [2.05, 4.69) is 32.3 Å². The predicted molar refractivity (Wildman–Crippen MR) is 113 cm³/mol. The van der Waals surface area contributed by atoms with Crippen LogP contribution < -0.4 is 0 Å². The van der Waals surface area contributed by atoms with Crippen molar-refractivity contribution < 1.29 is 4.42 Å². The molecule has 2 aromatic carbocycles. The first-order valence-corrected chi connectivity index (χ1v) is 11.7. The van der Waals surface area contributed by atoms with Crippen LogP contribution in [0, 0.1) is 0 Å². The molecule has 0 unspecified atom stereocenters. The standard InChI is InChI=1S/C18H12N4OS4/c1-3-7-13-11(5-1)19-17(26-13)24-9-15-21-22-16(23-15)10-25-18-20-12-6-2-4-8-14(12)27-18/h1-8H,9-10H2. The monoisotopic (exact) mass is 428 g/mol. The molecule has 5 rings (SSSR count). The minimum Gasteiger partial charge on any atom is -0.423 e. The minimum absolute atomic E-state index is 0.624. The van der Waals surface area contributed by atoms with Crippen LogP contribution in [0.2, 0.25) is 0 Å². The molecule has 9 heteroatoms. The Kier molecular flexibility index (Phi) is 4.83. The van der Waals surface area contributed by atoms with Crippen molar-refractivity contribution >= 4 is 66.6 Å². The van der Waals surface area contributed by atoms with Crippen molar-refractivity contribution in [3.8, 4) is 0 Å². The van der Waals surface area contributed by atoms with Gasteiger partial charge >= 0.3 is 0 Å². The van der Waals surface area contributed by atoms with Gasteiger partial charge in [0.2, 0.25) is 11.8 Å². The Morgan fingerprint density at radius 1 is 0.704 bits per heavy atom. The summed E-state index contributed by atoms with van der Waals surface area (Å²) in [6.07, 6.45) is 0. The lowest BCUT2D eigenvalue weighted by atomic mass is 10.3. The van der Waals surface area contributed by atoms with E-state index in [1.807, 2.05) is 36.4 Å². The molecule has 0 N–H and O–H groups in total. The number of aromatic nitrogens is 4. The maximum Gasteiger partial charge on any atom is 0.226 e. The van der Waals surface area contributed by atoms with Crippen LogP contribution >= 0.6 is 46.2 Å². The SMILES string of the molecule is c1ccc2sc(SCc3nnc(CSc4nc5ccccc5s4)o3)nc2c1. The molecule has 5 nitrogen and oxygen atoms in total. The van der Waals surface area contributed by atoms with E-state index in [-0.39, 0.29) is 0 Å². The zero-order valence-electron chi connectivity index (χ0n) is 13.9. The molecule has 0 aliphatic heterocycles. The van der Waals surface area contributed by atoms with Gasteiger partial charge in [0, 0.05) is 0 Å². The molecular weight excluding hydrogens is 416 g/mol. The van der Waals surface area contributed by atoms with E-state index in [9.17, 15) is 0 Å². The van der Waals surface area contributed by atoms with Crippen LogP contribution in [0.25, 0.3) is 20.4 Å². The van der Waals surface area contributed by atoms with E-state index in [0.717, 1.165) is 19.7 Å². The molecule has 0 saturated heterocycles. The highest BCUT2D eigenvalue weighted by Gasteiger charge is 2.11. The number of thiazole rings is 2. The molecule has 0 fully saturated rings. The average Bonchev–Trinajstić information content (AvgIpc) is 3.41. The van der Waals surface area contributed by atoms with E-state index in [4.69, 9.17) is 4.42 Å². The number of nitrogens with zero attached hydrogens (tertiary/aromatic N) is 4. The van der Waals surface area contributed by atoms with Gasteiger partial charge in [-0.2, -0.15) is 0 Å². The summed E-state index contributed by atoms with van der Waals surface area (Å²) in [7, 11) is 0. The summed E-state index contributed by atoms with van der Waals surface area (Å²) in [5.74, 6) is 2.50. The van der Waals surface area contributed by atoms with Gasteiger partial charge in [-0.1, -0.05) is 47.8 Å². The van der Waals surface area contributed by atoms with Gasteiger partial charge in [0.25, 0.3) is 0 Å². The Balaban J connectivity index is 1.20. The number of fused-ring (bicyclic) bond motifs is 2. The van der Waals surface area contributed by atoms with Gasteiger partial charge in [-0.3, -0.25) is 0 Å². The van der Waals surface area contributed by atoms with Gasteiger partial charge in [-0.25, -0.2) is 9.97 Å². The van der Waals surface area contributed by atoms with Crippen LogP contribution in [0.5, 0.6) is 0 Å². The highest BCUT2D eigenvalue weighted by atomic mass is 32.2. The number of rotatable bonds is 6. The quantitative estimate of drug-likeness (QED) is 0.313. The maximum absolute atomic E-state index is 5.77. The normalized spacial score (nSPS) is 11.6. The summed E-state index contributed by atoms with van der Waals surface area (Å²) in [5, 5.41) is 8.30. The Labute approximate surface area is 171 Å². The maximum atomic E-state index is 5.77. The van der Waals surface area contributed by atoms with Gasteiger partial charge in [0.15, 0.2) is 8.68 Å². The van der Waals surface area contributed by atoms with E-state index >= 15 is 0 Å². The number of hydrogen-bond donors (Lipinski definition) is 0. The third-order valence-electron chi connectivity index (χ3n) is 3.70. The molecule has 0 saturated carbocycles. The second-order valence-electron chi connectivity index (χ2n) is 5.56. The lowest BCUT2D eigenvalue weighted by molar-refractivity contribution is 0.482. The molecule has 134 valence electrons. The second-order valence-corrected chi connectivity index (χ2v) is 10.1. The topological polar surface area (TPSA) is 64.7 Å². The van der Waals surface area contributed by atoms with Gasteiger partial charge in [0.05, 0.1) is 31.9 Å².